The Labute approximate surface area is 232 Å². The van der Waals surface area contributed by atoms with Gasteiger partial charge in [-0.3, -0.25) is 24.8 Å². The number of rotatable bonds is 11. The maximum Gasteiger partial charge on any atom is 0.328 e. The molecule has 2 aliphatic rings. The number of nitro groups is 1. The smallest absolute Gasteiger partial charge is 0.328 e. The van der Waals surface area contributed by atoms with E-state index in [1.54, 1.807) is 6.07 Å². The largest absolute Gasteiger partial charge is 0.480 e. The van der Waals surface area contributed by atoms with Crippen LogP contribution < -0.4 is 5.32 Å². The molecule has 5 rings (SSSR count). The number of amides is 1. The SMILES string of the molecule is O=C(Nc1ccccc1C(=N[C@H](C[C@@H]1C[C@H]1[N+](=O)[O-])C(=O)O)c1ccccc1)[C@H]1CCCN1Cc1ccccc1. The van der Waals surface area contributed by atoms with Crippen molar-refractivity contribution >= 4 is 23.3 Å². The summed E-state index contributed by atoms with van der Waals surface area (Å²) in [5.74, 6) is -1.56. The minimum atomic E-state index is -1.15. The first-order valence-electron chi connectivity index (χ1n) is 13.6. The van der Waals surface area contributed by atoms with Crippen molar-refractivity contribution in [3.8, 4) is 0 Å². The average molecular weight is 541 g/mol. The lowest BCUT2D eigenvalue weighted by Gasteiger charge is -2.24. The van der Waals surface area contributed by atoms with Crippen molar-refractivity contribution in [1.82, 2.24) is 4.90 Å². The highest BCUT2D eigenvalue weighted by molar-refractivity contribution is 6.17. The lowest BCUT2D eigenvalue weighted by molar-refractivity contribution is -0.498. The Bertz CT molecular complexity index is 1400. The van der Waals surface area contributed by atoms with Gasteiger partial charge in [0.05, 0.1) is 17.4 Å². The number of benzene rings is 3. The van der Waals surface area contributed by atoms with E-state index in [2.05, 4.69) is 27.3 Å². The Morgan fingerprint density at radius 2 is 1.70 bits per heavy atom. The number of carboxylic acids is 1. The third-order valence-electron chi connectivity index (χ3n) is 7.63. The zero-order valence-corrected chi connectivity index (χ0v) is 22.1. The highest BCUT2D eigenvalue weighted by Crippen LogP contribution is 2.38. The van der Waals surface area contributed by atoms with Gasteiger partial charge < -0.3 is 10.4 Å². The number of aliphatic imine (C=N–C) groups is 1. The Morgan fingerprint density at radius 1 is 1.02 bits per heavy atom. The molecular weight excluding hydrogens is 508 g/mol. The van der Waals surface area contributed by atoms with Gasteiger partial charge in [-0.05, 0) is 37.4 Å². The molecule has 1 saturated heterocycles. The number of carboxylic acid groups (broad SMARTS) is 1. The fraction of sp³-hybridized carbons (Fsp3) is 0.323. The van der Waals surface area contributed by atoms with Gasteiger partial charge in [0.2, 0.25) is 11.9 Å². The zero-order valence-electron chi connectivity index (χ0n) is 22.1. The summed E-state index contributed by atoms with van der Waals surface area (Å²) in [6.07, 6.45) is 2.12. The number of nitrogens with zero attached hydrogens (tertiary/aromatic N) is 3. The molecule has 2 N–H and O–H groups in total. The van der Waals surface area contributed by atoms with E-state index in [0.29, 0.717) is 35.5 Å². The number of carbonyl (C=O) groups excluding carboxylic acids is 1. The number of carbonyl (C=O) groups is 2. The summed E-state index contributed by atoms with van der Waals surface area (Å²) in [6, 6.07) is 24.4. The summed E-state index contributed by atoms with van der Waals surface area (Å²) >= 11 is 0. The van der Waals surface area contributed by atoms with E-state index in [-0.39, 0.29) is 29.2 Å². The number of likely N-dealkylation sites (tertiary alicyclic amines) is 1. The van der Waals surface area contributed by atoms with Crippen LogP contribution in [-0.2, 0) is 16.1 Å². The van der Waals surface area contributed by atoms with E-state index in [1.807, 2.05) is 66.7 Å². The molecular formula is C31H32N4O5. The molecule has 1 amide bonds. The molecule has 206 valence electrons. The lowest BCUT2D eigenvalue weighted by atomic mass is 9.99. The highest BCUT2D eigenvalue weighted by Gasteiger charge is 2.49. The third kappa shape index (κ3) is 6.43. The van der Waals surface area contributed by atoms with Crippen molar-refractivity contribution < 1.29 is 19.6 Å². The van der Waals surface area contributed by atoms with E-state index in [4.69, 9.17) is 0 Å². The summed E-state index contributed by atoms with van der Waals surface area (Å²) < 4.78 is 0. The first kappa shape index (κ1) is 27.2. The van der Waals surface area contributed by atoms with Crippen LogP contribution in [0.5, 0.6) is 0 Å². The molecule has 0 unspecified atom stereocenters. The highest BCUT2D eigenvalue weighted by atomic mass is 16.6. The second-order valence-corrected chi connectivity index (χ2v) is 10.4. The molecule has 9 nitrogen and oxygen atoms in total. The van der Waals surface area contributed by atoms with Crippen LogP contribution in [0.15, 0.2) is 89.9 Å². The molecule has 9 heteroatoms. The second-order valence-electron chi connectivity index (χ2n) is 10.4. The number of para-hydroxylation sites is 1. The summed E-state index contributed by atoms with van der Waals surface area (Å²) in [5.41, 5.74) is 3.41. The maximum absolute atomic E-state index is 13.6. The lowest BCUT2D eigenvalue weighted by Crippen LogP contribution is -2.39. The fourth-order valence-corrected chi connectivity index (χ4v) is 5.43. The van der Waals surface area contributed by atoms with E-state index in [0.717, 1.165) is 24.9 Å². The number of hydrogen-bond acceptors (Lipinski definition) is 6. The Hall–Kier alpha value is -4.37. The van der Waals surface area contributed by atoms with E-state index in [9.17, 15) is 24.8 Å². The van der Waals surface area contributed by atoms with Gasteiger partial charge in [0.1, 0.15) is 6.04 Å². The number of anilines is 1. The van der Waals surface area contributed by atoms with Gasteiger partial charge in [-0.15, -0.1) is 0 Å². The summed E-state index contributed by atoms with van der Waals surface area (Å²) in [4.78, 5) is 43.4. The molecule has 40 heavy (non-hydrogen) atoms. The first-order chi connectivity index (χ1) is 19.4. The van der Waals surface area contributed by atoms with Crippen LogP contribution in [0.2, 0.25) is 0 Å². The fourth-order valence-electron chi connectivity index (χ4n) is 5.43. The van der Waals surface area contributed by atoms with Crippen LogP contribution in [0.25, 0.3) is 0 Å². The van der Waals surface area contributed by atoms with Gasteiger partial charge in [0, 0.05) is 34.9 Å². The van der Waals surface area contributed by atoms with Crippen LogP contribution in [0.4, 0.5) is 5.69 Å². The van der Waals surface area contributed by atoms with Crippen LogP contribution >= 0.6 is 0 Å². The number of hydrogen-bond donors (Lipinski definition) is 2. The van der Waals surface area contributed by atoms with Crippen LogP contribution in [0, 0.1) is 16.0 Å². The van der Waals surface area contributed by atoms with E-state index >= 15 is 0 Å². The molecule has 1 heterocycles. The standard InChI is InChI=1S/C31H32N4O5/c36-30(27-16-9-17-34(27)20-21-10-3-1-4-11-21)33-25-15-8-7-14-24(25)29(22-12-5-2-6-13-22)32-26(31(37)38)18-23-19-28(23)35(39)40/h1-8,10-15,23,26-28H,9,16-20H2,(H,33,36)(H,37,38)/t23-,26-,27-,28-/m1/s1. The average Bonchev–Trinajstić information content (AvgIpc) is 3.59. The number of nitrogens with one attached hydrogen (secondary N) is 1. The summed E-state index contributed by atoms with van der Waals surface area (Å²) in [6.45, 7) is 1.52. The van der Waals surface area contributed by atoms with Gasteiger partial charge in [0.15, 0.2) is 0 Å². The molecule has 1 aliphatic heterocycles. The van der Waals surface area contributed by atoms with Gasteiger partial charge in [-0.1, -0.05) is 78.9 Å². The van der Waals surface area contributed by atoms with Crippen LogP contribution in [0.3, 0.4) is 0 Å². The molecule has 0 aromatic heterocycles. The zero-order chi connectivity index (χ0) is 28.1. The number of aliphatic carboxylic acids is 1. The molecule has 0 radical (unpaired) electrons. The van der Waals surface area contributed by atoms with Crippen molar-refractivity contribution in [2.75, 3.05) is 11.9 Å². The van der Waals surface area contributed by atoms with Gasteiger partial charge >= 0.3 is 5.97 Å². The van der Waals surface area contributed by atoms with Crippen molar-refractivity contribution in [2.45, 2.75) is 50.4 Å². The Kier molecular flexibility index (Phi) is 8.31. The van der Waals surface area contributed by atoms with Gasteiger partial charge in [-0.2, -0.15) is 0 Å². The molecule has 1 aliphatic carbocycles. The van der Waals surface area contributed by atoms with E-state index < -0.39 is 18.1 Å². The second kappa shape index (κ2) is 12.2. The van der Waals surface area contributed by atoms with Gasteiger partial charge in [-0.25, -0.2) is 4.79 Å². The molecule has 3 aromatic rings. The predicted octanol–water partition coefficient (Wildman–Crippen LogP) is 4.64. The summed E-state index contributed by atoms with van der Waals surface area (Å²) in [5, 5.41) is 24.2. The normalized spacial score (nSPS) is 21.5. The van der Waals surface area contributed by atoms with Crippen LogP contribution in [0.1, 0.15) is 42.4 Å². The molecule has 0 bridgehead atoms. The van der Waals surface area contributed by atoms with E-state index in [1.165, 1.54) is 0 Å². The summed E-state index contributed by atoms with van der Waals surface area (Å²) in [7, 11) is 0. The molecule has 3 aromatic carbocycles. The predicted molar refractivity (Wildman–Crippen MR) is 152 cm³/mol. The molecule has 2 fully saturated rings. The molecule has 4 atom stereocenters. The van der Waals surface area contributed by atoms with Crippen molar-refractivity contribution in [3.63, 3.8) is 0 Å². The topological polar surface area (TPSA) is 125 Å². The maximum atomic E-state index is 13.6. The van der Waals surface area contributed by atoms with Crippen molar-refractivity contribution in [2.24, 2.45) is 10.9 Å². The van der Waals surface area contributed by atoms with Crippen LogP contribution in [-0.4, -0.2) is 57.2 Å². The van der Waals surface area contributed by atoms with Crippen molar-refractivity contribution in [1.29, 1.82) is 0 Å². The Balaban J connectivity index is 1.42. The minimum Gasteiger partial charge on any atom is -0.480 e. The minimum absolute atomic E-state index is 0.0857. The van der Waals surface area contributed by atoms with Gasteiger partial charge in [0.25, 0.3) is 0 Å². The first-order valence-corrected chi connectivity index (χ1v) is 13.6. The quantitative estimate of drug-likeness (QED) is 0.207. The van der Waals surface area contributed by atoms with Crippen molar-refractivity contribution in [3.05, 3.63) is 112 Å². The molecule has 0 spiro atoms. The monoisotopic (exact) mass is 540 g/mol. The third-order valence-corrected chi connectivity index (χ3v) is 7.63. The molecule has 1 saturated carbocycles. The Morgan fingerprint density at radius 3 is 2.38 bits per heavy atom.